The van der Waals surface area contributed by atoms with Crippen molar-refractivity contribution < 1.29 is 5.11 Å². The average molecular weight is 276 g/mol. The highest BCUT2D eigenvalue weighted by Crippen LogP contribution is 2.19. The number of rotatable bonds is 6. The predicted octanol–water partition coefficient (Wildman–Crippen LogP) is 2.85. The topological polar surface area (TPSA) is 35.5 Å². The van der Waals surface area contributed by atoms with Crippen LogP contribution in [0, 0.1) is 11.8 Å². The van der Waals surface area contributed by atoms with Crippen molar-refractivity contribution in [3.05, 3.63) is 29.8 Å². The molecule has 1 atom stereocenters. The van der Waals surface area contributed by atoms with Crippen molar-refractivity contribution in [2.45, 2.75) is 33.2 Å². The Hall–Kier alpha value is -1.06. The molecule has 20 heavy (non-hydrogen) atoms. The summed E-state index contributed by atoms with van der Waals surface area (Å²) in [6.07, 6.45) is 2.64. The molecule has 0 saturated carbocycles. The van der Waals surface area contributed by atoms with Crippen LogP contribution in [-0.4, -0.2) is 36.2 Å². The Morgan fingerprint density at radius 2 is 2.05 bits per heavy atom. The second kappa shape index (κ2) is 7.65. The van der Waals surface area contributed by atoms with Gasteiger partial charge in [0.2, 0.25) is 0 Å². The highest BCUT2D eigenvalue weighted by molar-refractivity contribution is 5.25. The number of likely N-dealkylation sites (tertiary alicyclic amines) is 1. The summed E-state index contributed by atoms with van der Waals surface area (Å²) in [7, 11) is 0. The molecular formula is C17H28N2O. The predicted molar refractivity (Wildman–Crippen MR) is 83.8 cm³/mol. The van der Waals surface area contributed by atoms with Gasteiger partial charge in [0.25, 0.3) is 0 Å². The van der Waals surface area contributed by atoms with Gasteiger partial charge in [0, 0.05) is 13.1 Å². The molecule has 0 radical (unpaired) electrons. The summed E-state index contributed by atoms with van der Waals surface area (Å²) in [6.45, 7) is 10.2. The summed E-state index contributed by atoms with van der Waals surface area (Å²) in [5.41, 5.74) is 1.29. The molecular weight excluding hydrogens is 248 g/mol. The minimum Gasteiger partial charge on any atom is -0.508 e. The van der Waals surface area contributed by atoms with Gasteiger partial charge in [-0.1, -0.05) is 26.0 Å². The third-order valence-electron chi connectivity index (χ3n) is 3.93. The van der Waals surface area contributed by atoms with Gasteiger partial charge in [-0.3, -0.25) is 4.90 Å². The molecule has 112 valence electrons. The first-order valence-corrected chi connectivity index (χ1v) is 7.84. The van der Waals surface area contributed by atoms with Crippen molar-refractivity contribution in [2.24, 2.45) is 11.8 Å². The van der Waals surface area contributed by atoms with Gasteiger partial charge in [0.15, 0.2) is 0 Å². The Bertz CT molecular complexity index is 388. The standard InChI is InChI=1S/C17H28N2O/c1-14(2)10-18-11-16-4-3-9-19(13-16)12-15-5-7-17(20)8-6-15/h5-8,14,16,18,20H,3-4,9-13H2,1-2H3. The summed E-state index contributed by atoms with van der Waals surface area (Å²) in [5, 5.41) is 12.9. The molecule has 1 unspecified atom stereocenters. The number of phenolic OH excluding ortho intramolecular Hbond substituents is 1. The van der Waals surface area contributed by atoms with Crippen LogP contribution in [-0.2, 0) is 6.54 Å². The summed E-state index contributed by atoms with van der Waals surface area (Å²) in [5.74, 6) is 1.86. The van der Waals surface area contributed by atoms with Gasteiger partial charge in [0.05, 0.1) is 0 Å². The Balaban J connectivity index is 1.76. The SMILES string of the molecule is CC(C)CNCC1CCCN(Cc2ccc(O)cc2)C1. The molecule has 2 rings (SSSR count). The van der Waals surface area contributed by atoms with E-state index in [2.05, 4.69) is 24.1 Å². The zero-order valence-corrected chi connectivity index (χ0v) is 12.8. The van der Waals surface area contributed by atoms with Crippen molar-refractivity contribution in [3.63, 3.8) is 0 Å². The Morgan fingerprint density at radius 3 is 2.75 bits per heavy atom. The molecule has 1 aromatic rings. The van der Waals surface area contributed by atoms with Crippen molar-refractivity contribution in [3.8, 4) is 5.75 Å². The van der Waals surface area contributed by atoms with Gasteiger partial charge >= 0.3 is 0 Å². The Labute approximate surface area is 123 Å². The fraction of sp³-hybridized carbons (Fsp3) is 0.647. The third-order valence-corrected chi connectivity index (χ3v) is 3.93. The van der Waals surface area contributed by atoms with E-state index in [9.17, 15) is 5.11 Å². The maximum absolute atomic E-state index is 9.32. The van der Waals surface area contributed by atoms with Gasteiger partial charge in [-0.2, -0.15) is 0 Å². The number of aromatic hydroxyl groups is 1. The number of hydrogen-bond donors (Lipinski definition) is 2. The first kappa shape index (κ1) is 15.3. The van der Waals surface area contributed by atoms with E-state index < -0.39 is 0 Å². The third kappa shape index (κ3) is 5.14. The van der Waals surface area contributed by atoms with Crippen LogP contribution >= 0.6 is 0 Å². The zero-order chi connectivity index (χ0) is 14.4. The molecule has 0 aliphatic carbocycles. The minimum atomic E-state index is 0.350. The van der Waals surface area contributed by atoms with Crippen LogP contribution in [0.15, 0.2) is 24.3 Å². The van der Waals surface area contributed by atoms with E-state index in [1.165, 1.54) is 31.5 Å². The van der Waals surface area contributed by atoms with Gasteiger partial charge in [-0.25, -0.2) is 0 Å². The molecule has 1 saturated heterocycles. The highest BCUT2D eigenvalue weighted by Gasteiger charge is 2.19. The second-order valence-corrected chi connectivity index (χ2v) is 6.46. The molecule has 2 N–H and O–H groups in total. The first-order chi connectivity index (χ1) is 9.63. The van der Waals surface area contributed by atoms with Gasteiger partial charge in [0.1, 0.15) is 5.75 Å². The highest BCUT2D eigenvalue weighted by atomic mass is 16.3. The smallest absolute Gasteiger partial charge is 0.115 e. The molecule has 3 nitrogen and oxygen atoms in total. The Kier molecular flexibility index (Phi) is 5.86. The summed E-state index contributed by atoms with van der Waals surface area (Å²) in [6, 6.07) is 7.60. The number of benzene rings is 1. The lowest BCUT2D eigenvalue weighted by atomic mass is 9.97. The normalized spacial score (nSPS) is 20.4. The largest absolute Gasteiger partial charge is 0.508 e. The zero-order valence-electron chi connectivity index (χ0n) is 12.8. The fourth-order valence-corrected chi connectivity index (χ4v) is 2.90. The summed E-state index contributed by atoms with van der Waals surface area (Å²) < 4.78 is 0. The average Bonchev–Trinajstić information content (AvgIpc) is 2.41. The monoisotopic (exact) mass is 276 g/mol. The quantitative estimate of drug-likeness (QED) is 0.838. The van der Waals surface area contributed by atoms with E-state index >= 15 is 0 Å². The minimum absolute atomic E-state index is 0.350. The van der Waals surface area contributed by atoms with Gasteiger partial charge in [-0.05, 0) is 62.0 Å². The van der Waals surface area contributed by atoms with Crippen molar-refractivity contribution in [2.75, 3.05) is 26.2 Å². The molecule has 1 heterocycles. The summed E-state index contributed by atoms with van der Waals surface area (Å²) >= 11 is 0. The van der Waals surface area contributed by atoms with E-state index in [4.69, 9.17) is 0 Å². The van der Waals surface area contributed by atoms with Crippen LogP contribution in [0.25, 0.3) is 0 Å². The van der Waals surface area contributed by atoms with E-state index in [0.29, 0.717) is 5.75 Å². The number of phenols is 1. The number of nitrogens with zero attached hydrogens (tertiary/aromatic N) is 1. The van der Waals surface area contributed by atoms with Crippen LogP contribution in [0.5, 0.6) is 5.75 Å². The Morgan fingerprint density at radius 1 is 1.30 bits per heavy atom. The molecule has 0 amide bonds. The van der Waals surface area contributed by atoms with Crippen molar-refractivity contribution >= 4 is 0 Å². The van der Waals surface area contributed by atoms with Crippen LogP contribution in [0.4, 0.5) is 0 Å². The molecule has 3 heteroatoms. The first-order valence-electron chi connectivity index (χ1n) is 7.84. The van der Waals surface area contributed by atoms with Crippen LogP contribution in [0.2, 0.25) is 0 Å². The molecule has 0 bridgehead atoms. The van der Waals surface area contributed by atoms with E-state index in [1.54, 1.807) is 12.1 Å². The molecule has 0 aromatic heterocycles. The lowest BCUT2D eigenvalue weighted by Gasteiger charge is -2.33. The number of hydrogen-bond acceptors (Lipinski definition) is 3. The van der Waals surface area contributed by atoms with Crippen molar-refractivity contribution in [1.29, 1.82) is 0 Å². The van der Waals surface area contributed by atoms with Crippen LogP contribution in [0.3, 0.4) is 0 Å². The maximum atomic E-state index is 9.32. The van der Waals surface area contributed by atoms with Crippen LogP contribution in [0.1, 0.15) is 32.3 Å². The fourth-order valence-electron chi connectivity index (χ4n) is 2.90. The number of nitrogens with one attached hydrogen (secondary N) is 1. The van der Waals surface area contributed by atoms with E-state index in [0.717, 1.165) is 31.5 Å². The van der Waals surface area contributed by atoms with E-state index in [-0.39, 0.29) is 0 Å². The molecule has 1 aromatic carbocycles. The lowest BCUT2D eigenvalue weighted by Crippen LogP contribution is -2.39. The molecule has 1 fully saturated rings. The number of piperidine rings is 1. The second-order valence-electron chi connectivity index (χ2n) is 6.46. The molecule has 1 aliphatic rings. The molecule has 0 spiro atoms. The van der Waals surface area contributed by atoms with Gasteiger partial charge in [-0.15, -0.1) is 0 Å². The lowest BCUT2D eigenvalue weighted by molar-refractivity contribution is 0.165. The van der Waals surface area contributed by atoms with Crippen LogP contribution < -0.4 is 5.32 Å². The van der Waals surface area contributed by atoms with Gasteiger partial charge < -0.3 is 10.4 Å². The van der Waals surface area contributed by atoms with E-state index in [1.807, 2.05) is 12.1 Å². The summed E-state index contributed by atoms with van der Waals surface area (Å²) in [4.78, 5) is 2.54. The molecule has 1 aliphatic heterocycles. The maximum Gasteiger partial charge on any atom is 0.115 e. The van der Waals surface area contributed by atoms with Crippen molar-refractivity contribution in [1.82, 2.24) is 10.2 Å².